The average Bonchev–Trinajstić information content (AvgIpc) is 2.72. The van der Waals surface area contributed by atoms with E-state index in [0.29, 0.717) is 10.0 Å². The Morgan fingerprint density at radius 2 is 1.68 bits per heavy atom. The van der Waals surface area contributed by atoms with Crippen LogP contribution in [-0.2, 0) is 6.42 Å². The van der Waals surface area contributed by atoms with Crippen LogP contribution in [0, 0.1) is 0 Å². The van der Waals surface area contributed by atoms with E-state index in [1.54, 1.807) is 0 Å². The van der Waals surface area contributed by atoms with Crippen molar-refractivity contribution in [2.24, 2.45) is 0 Å². The second-order valence-electron chi connectivity index (χ2n) is 7.10. The zero-order chi connectivity index (χ0) is 19.3. The summed E-state index contributed by atoms with van der Waals surface area (Å²) in [6, 6.07) is 22.8. The van der Waals surface area contributed by atoms with Crippen LogP contribution in [0.2, 0.25) is 10.0 Å². The standard InChI is InChI=1S/C24H18Cl2N2/c1-27-24-19-9-5-4-8-18(19)22-20(17-11-10-15(25)13-21(17)26)12-14-6-2-3-7-16(14)23(22)28-24/h2-11,13,20H,12H2,1H3,(H,27,28). The summed E-state index contributed by atoms with van der Waals surface area (Å²) in [6.07, 6.45) is 0.884. The summed E-state index contributed by atoms with van der Waals surface area (Å²) in [6.45, 7) is 0. The molecule has 1 N–H and O–H groups in total. The van der Waals surface area contributed by atoms with Crippen LogP contribution in [0.4, 0.5) is 5.82 Å². The van der Waals surface area contributed by atoms with Crippen molar-refractivity contribution >= 4 is 39.8 Å². The summed E-state index contributed by atoms with van der Waals surface area (Å²) >= 11 is 12.8. The largest absolute Gasteiger partial charge is 0.373 e. The van der Waals surface area contributed by atoms with Gasteiger partial charge < -0.3 is 5.32 Å². The molecule has 1 atom stereocenters. The SMILES string of the molecule is CNc1nc2c(c3ccccc13)C(c1ccc(Cl)cc1Cl)Cc1ccccc1-2. The number of hydrogen-bond donors (Lipinski definition) is 1. The van der Waals surface area contributed by atoms with E-state index < -0.39 is 0 Å². The van der Waals surface area contributed by atoms with Crippen molar-refractivity contribution in [3.05, 3.63) is 93.5 Å². The van der Waals surface area contributed by atoms with Crippen molar-refractivity contribution in [3.8, 4) is 11.3 Å². The summed E-state index contributed by atoms with van der Waals surface area (Å²) in [5, 5.41) is 6.95. The molecule has 4 aromatic rings. The Labute approximate surface area is 174 Å². The first-order chi connectivity index (χ1) is 13.7. The molecule has 4 heteroatoms. The summed E-state index contributed by atoms with van der Waals surface area (Å²) in [7, 11) is 1.92. The van der Waals surface area contributed by atoms with Crippen molar-refractivity contribution in [1.29, 1.82) is 0 Å². The molecule has 2 nitrogen and oxygen atoms in total. The Morgan fingerprint density at radius 3 is 2.46 bits per heavy atom. The molecule has 1 heterocycles. The topological polar surface area (TPSA) is 24.9 Å². The fourth-order valence-corrected chi connectivity index (χ4v) is 4.87. The van der Waals surface area contributed by atoms with Gasteiger partial charge in [0.2, 0.25) is 0 Å². The Hall–Kier alpha value is -2.55. The number of benzene rings is 3. The summed E-state index contributed by atoms with van der Waals surface area (Å²) in [5.41, 5.74) is 5.83. The highest BCUT2D eigenvalue weighted by molar-refractivity contribution is 6.35. The molecule has 0 radical (unpaired) electrons. The minimum atomic E-state index is 0.123. The first kappa shape index (κ1) is 17.5. The average molecular weight is 405 g/mol. The lowest BCUT2D eigenvalue weighted by molar-refractivity contribution is 0.795. The van der Waals surface area contributed by atoms with Gasteiger partial charge in [0.15, 0.2) is 0 Å². The predicted octanol–water partition coefficient (Wildman–Crippen LogP) is 6.94. The van der Waals surface area contributed by atoms with Crippen LogP contribution in [0.5, 0.6) is 0 Å². The highest BCUT2D eigenvalue weighted by Gasteiger charge is 2.30. The number of rotatable bonds is 2. The van der Waals surface area contributed by atoms with Gasteiger partial charge >= 0.3 is 0 Å². The first-order valence-corrected chi connectivity index (χ1v) is 10.1. The van der Waals surface area contributed by atoms with E-state index in [1.165, 1.54) is 22.1 Å². The van der Waals surface area contributed by atoms with Crippen LogP contribution >= 0.6 is 23.2 Å². The predicted molar refractivity (Wildman–Crippen MR) is 119 cm³/mol. The quantitative estimate of drug-likeness (QED) is 0.391. The molecule has 1 aliphatic carbocycles. The van der Waals surface area contributed by atoms with Crippen molar-refractivity contribution in [2.75, 3.05) is 12.4 Å². The van der Waals surface area contributed by atoms with Gasteiger partial charge in [0.05, 0.1) is 5.69 Å². The molecule has 0 amide bonds. The lowest BCUT2D eigenvalue weighted by atomic mass is 9.76. The number of pyridine rings is 1. The molecule has 1 aliphatic rings. The van der Waals surface area contributed by atoms with Gasteiger partial charge in [-0.05, 0) is 40.6 Å². The number of aromatic nitrogens is 1. The fourth-order valence-electron chi connectivity index (χ4n) is 4.33. The Balaban J connectivity index is 1.88. The first-order valence-electron chi connectivity index (χ1n) is 9.31. The third-order valence-corrected chi connectivity index (χ3v) is 6.13. The lowest BCUT2D eigenvalue weighted by Crippen LogP contribution is -2.15. The van der Waals surface area contributed by atoms with Gasteiger partial charge in [0.25, 0.3) is 0 Å². The molecular formula is C24H18Cl2N2. The Bertz CT molecular complexity index is 1220. The zero-order valence-corrected chi connectivity index (χ0v) is 16.9. The number of nitrogens with zero attached hydrogens (tertiary/aromatic N) is 1. The van der Waals surface area contributed by atoms with Crippen molar-refractivity contribution in [3.63, 3.8) is 0 Å². The van der Waals surface area contributed by atoms with E-state index in [4.69, 9.17) is 28.2 Å². The van der Waals surface area contributed by atoms with Gasteiger partial charge in [-0.2, -0.15) is 0 Å². The normalized spacial score (nSPS) is 15.2. The molecule has 0 saturated carbocycles. The summed E-state index contributed by atoms with van der Waals surface area (Å²) in [4.78, 5) is 5.04. The molecule has 138 valence electrons. The van der Waals surface area contributed by atoms with Gasteiger partial charge in [-0.3, -0.25) is 0 Å². The molecule has 28 heavy (non-hydrogen) atoms. The van der Waals surface area contributed by atoms with E-state index >= 15 is 0 Å². The van der Waals surface area contributed by atoms with Gasteiger partial charge in [-0.25, -0.2) is 4.98 Å². The summed E-state index contributed by atoms with van der Waals surface area (Å²) < 4.78 is 0. The molecule has 3 aromatic carbocycles. The molecule has 0 aliphatic heterocycles. The molecule has 1 aromatic heterocycles. The minimum absolute atomic E-state index is 0.123. The van der Waals surface area contributed by atoms with E-state index in [0.717, 1.165) is 28.9 Å². The van der Waals surface area contributed by atoms with Crippen LogP contribution in [0.25, 0.3) is 22.0 Å². The van der Waals surface area contributed by atoms with E-state index in [2.05, 4.69) is 53.8 Å². The highest BCUT2D eigenvalue weighted by atomic mass is 35.5. The van der Waals surface area contributed by atoms with Crippen molar-refractivity contribution in [2.45, 2.75) is 12.3 Å². The smallest absolute Gasteiger partial charge is 0.134 e. The van der Waals surface area contributed by atoms with Crippen LogP contribution in [0.3, 0.4) is 0 Å². The molecular weight excluding hydrogens is 387 g/mol. The highest BCUT2D eigenvalue weighted by Crippen LogP contribution is 2.47. The third-order valence-electron chi connectivity index (χ3n) is 5.57. The van der Waals surface area contributed by atoms with E-state index in [-0.39, 0.29) is 5.92 Å². The molecule has 1 unspecified atom stereocenters. The van der Waals surface area contributed by atoms with Crippen molar-refractivity contribution < 1.29 is 0 Å². The van der Waals surface area contributed by atoms with Gasteiger partial charge in [-0.15, -0.1) is 0 Å². The van der Waals surface area contributed by atoms with Crippen LogP contribution < -0.4 is 5.32 Å². The second-order valence-corrected chi connectivity index (χ2v) is 7.94. The Morgan fingerprint density at radius 1 is 0.929 bits per heavy atom. The number of hydrogen-bond acceptors (Lipinski definition) is 2. The number of fused-ring (bicyclic) bond motifs is 5. The van der Waals surface area contributed by atoms with Gasteiger partial charge in [0.1, 0.15) is 5.82 Å². The monoisotopic (exact) mass is 404 g/mol. The molecule has 0 spiro atoms. The Kier molecular flexibility index (Phi) is 4.26. The molecule has 5 rings (SSSR count). The second kappa shape index (κ2) is 6.80. The number of anilines is 1. The van der Waals surface area contributed by atoms with E-state index in [9.17, 15) is 0 Å². The molecule has 0 bridgehead atoms. The van der Waals surface area contributed by atoms with Crippen LogP contribution in [0.1, 0.15) is 22.6 Å². The maximum Gasteiger partial charge on any atom is 0.134 e. The summed E-state index contributed by atoms with van der Waals surface area (Å²) in [5.74, 6) is 1.02. The number of nitrogens with one attached hydrogen (secondary N) is 1. The van der Waals surface area contributed by atoms with Crippen molar-refractivity contribution in [1.82, 2.24) is 4.98 Å². The maximum atomic E-state index is 6.65. The maximum absolute atomic E-state index is 6.65. The fraction of sp³-hybridized carbons (Fsp3) is 0.125. The third kappa shape index (κ3) is 2.68. The van der Waals surface area contributed by atoms with Gasteiger partial charge in [-0.1, -0.05) is 77.8 Å². The zero-order valence-electron chi connectivity index (χ0n) is 15.3. The molecule has 0 saturated heterocycles. The van der Waals surface area contributed by atoms with Crippen LogP contribution in [0.15, 0.2) is 66.7 Å². The van der Waals surface area contributed by atoms with Crippen LogP contribution in [-0.4, -0.2) is 12.0 Å². The lowest BCUT2D eigenvalue weighted by Gasteiger charge is -2.30. The van der Waals surface area contributed by atoms with Gasteiger partial charge in [0, 0.05) is 34.0 Å². The molecule has 0 fully saturated rings. The number of halogens is 2. The minimum Gasteiger partial charge on any atom is -0.373 e. The van der Waals surface area contributed by atoms with E-state index in [1.807, 2.05) is 25.2 Å².